The predicted molar refractivity (Wildman–Crippen MR) is 70.2 cm³/mol. The highest BCUT2D eigenvalue weighted by Crippen LogP contribution is 2.11. The zero-order valence-corrected chi connectivity index (χ0v) is 11.4. The Balaban J connectivity index is 2.56. The molecule has 0 saturated heterocycles. The van der Waals surface area contributed by atoms with Gasteiger partial charge in [0.25, 0.3) is 0 Å². The molecule has 0 radical (unpaired) electrons. The Morgan fingerprint density at radius 1 is 1.13 bits per heavy atom. The second-order valence-corrected chi connectivity index (χ2v) is 5.05. The molecule has 84 valence electrons. The molecule has 1 rings (SSSR count). The predicted octanol–water partition coefficient (Wildman–Crippen LogP) is 3.67. The summed E-state index contributed by atoms with van der Waals surface area (Å²) in [5.41, 5.74) is 3.74. The molecule has 0 saturated carbocycles. The Hall–Kier alpha value is -0.340. The Morgan fingerprint density at radius 3 is 2.13 bits per heavy atom. The third-order valence-electron chi connectivity index (χ3n) is 2.32. The summed E-state index contributed by atoms with van der Waals surface area (Å²) in [5, 5.41) is 0. The van der Waals surface area contributed by atoms with Gasteiger partial charge in [-0.25, -0.2) is 0 Å². The summed E-state index contributed by atoms with van der Waals surface area (Å²) in [6.07, 6.45) is 1.18. The lowest BCUT2D eigenvalue weighted by Crippen LogP contribution is -2.14. The molecular formula is C13H20BrN. The average molecular weight is 270 g/mol. The molecule has 1 aromatic carbocycles. The fourth-order valence-electron chi connectivity index (χ4n) is 1.61. The summed E-state index contributed by atoms with van der Waals surface area (Å²) in [4.78, 5) is 2.23. The Kier molecular flexibility index (Phi) is 5.34. The van der Waals surface area contributed by atoms with Gasteiger partial charge in [-0.1, -0.05) is 54.0 Å². The minimum absolute atomic E-state index is 0.737. The van der Waals surface area contributed by atoms with Crippen LogP contribution in [0.15, 0.2) is 24.3 Å². The van der Waals surface area contributed by atoms with Crippen LogP contribution in [0.5, 0.6) is 0 Å². The van der Waals surface area contributed by atoms with Crippen LogP contribution >= 0.6 is 15.9 Å². The summed E-state index contributed by atoms with van der Waals surface area (Å²) in [5.74, 6) is 0.737. The van der Waals surface area contributed by atoms with E-state index in [9.17, 15) is 0 Å². The quantitative estimate of drug-likeness (QED) is 0.583. The summed E-state index contributed by atoms with van der Waals surface area (Å²) in [6.45, 7) is 5.52. The van der Waals surface area contributed by atoms with Gasteiger partial charge in [-0.2, -0.15) is 0 Å². The maximum atomic E-state index is 3.45. The number of nitrogens with zero attached hydrogens (tertiary/aromatic N) is 1. The van der Waals surface area contributed by atoms with Crippen LogP contribution in [-0.2, 0) is 13.0 Å². The fraction of sp³-hybridized carbons (Fsp3) is 0.538. The van der Waals surface area contributed by atoms with Gasteiger partial charge in [-0.3, -0.25) is 4.90 Å². The van der Waals surface area contributed by atoms with Crippen LogP contribution in [-0.4, -0.2) is 17.4 Å². The zero-order chi connectivity index (χ0) is 11.3. The second kappa shape index (κ2) is 6.29. The topological polar surface area (TPSA) is 3.24 Å². The van der Waals surface area contributed by atoms with Crippen molar-refractivity contribution in [3.8, 4) is 0 Å². The lowest BCUT2D eigenvalue weighted by atomic mass is 10.0. The van der Waals surface area contributed by atoms with E-state index in [1.54, 1.807) is 0 Å². The molecule has 0 spiro atoms. The van der Waals surface area contributed by atoms with Gasteiger partial charge in [-0.15, -0.1) is 0 Å². The lowest BCUT2D eigenvalue weighted by Gasteiger charge is -2.13. The maximum Gasteiger partial charge on any atom is 0.0542 e. The highest BCUT2D eigenvalue weighted by molar-refractivity contribution is 9.09. The SMILES string of the molecule is CC(C)Cc1ccc(CN(C)CBr)cc1. The average Bonchev–Trinajstić information content (AvgIpc) is 2.20. The number of hydrogen-bond donors (Lipinski definition) is 0. The van der Waals surface area contributed by atoms with Gasteiger partial charge in [0.15, 0.2) is 0 Å². The van der Waals surface area contributed by atoms with Crippen molar-refractivity contribution in [2.75, 3.05) is 12.5 Å². The molecule has 0 N–H and O–H groups in total. The third-order valence-corrected chi connectivity index (χ3v) is 3.18. The van der Waals surface area contributed by atoms with Crippen molar-refractivity contribution in [1.82, 2.24) is 4.90 Å². The standard InChI is InChI=1S/C13H20BrN/c1-11(2)8-12-4-6-13(7-5-12)9-15(3)10-14/h4-7,11H,8-10H2,1-3H3. The van der Waals surface area contributed by atoms with Crippen LogP contribution in [0.25, 0.3) is 0 Å². The molecule has 0 unspecified atom stereocenters. The van der Waals surface area contributed by atoms with E-state index < -0.39 is 0 Å². The van der Waals surface area contributed by atoms with Gasteiger partial charge in [0.2, 0.25) is 0 Å². The van der Waals surface area contributed by atoms with Crippen LogP contribution in [0.1, 0.15) is 25.0 Å². The molecule has 0 atom stereocenters. The molecular weight excluding hydrogens is 250 g/mol. The van der Waals surface area contributed by atoms with Crippen molar-refractivity contribution in [2.24, 2.45) is 5.92 Å². The molecule has 1 aromatic rings. The molecule has 0 aliphatic rings. The number of rotatable bonds is 5. The summed E-state index contributed by atoms with van der Waals surface area (Å²) < 4.78 is 0. The highest BCUT2D eigenvalue weighted by Gasteiger charge is 2.00. The number of alkyl halides is 1. The Bertz CT molecular complexity index is 279. The van der Waals surface area contributed by atoms with Crippen LogP contribution in [0.4, 0.5) is 0 Å². The minimum atomic E-state index is 0.737. The van der Waals surface area contributed by atoms with Gasteiger partial charge in [0.05, 0.1) is 5.45 Å². The molecule has 0 bridgehead atoms. The van der Waals surface area contributed by atoms with E-state index in [1.807, 2.05) is 0 Å². The van der Waals surface area contributed by atoms with Crippen LogP contribution in [0, 0.1) is 5.92 Å². The minimum Gasteiger partial charge on any atom is -0.292 e. The molecule has 0 heterocycles. The first-order valence-electron chi connectivity index (χ1n) is 5.44. The van der Waals surface area contributed by atoms with Gasteiger partial charge < -0.3 is 0 Å². The van der Waals surface area contributed by atoms with E-state index in [1.165, 1.54) is 17.5 Å². The number of benzene rings is 1. The highest BCUT2D eigenvalue weighted by atomic mass is 79.9. The van der Waals surface area contributed by atoms with Crippen LogP contribution < -0.4 is 0 Å². The second-order valence-electron chi connectivity index (χ2n) is 4.55. The van der Waals surface area contributed by atoms with E-state index in [4.69, 9.17) is 0 Å². The van der Waals surface area contributed by atoms with Crippen molar-refractivity contribution in [3.63, 3.8) is 0 Å². The summed E-state index contributed by atoms with van der Waals surface area (Å²) in [7, 11) is 2.11. The van der Waals surface area contributed by atoms with Gasteiger partial charge in [0.1, 0.15) is 0 Å². The normalized spacial score (nSPS) is 11.3. The molecule has 0 aliphatic heterocycles. The third kappa shape index (κ3) is 4.80. The Labute approximate surface area is 102 Å². The van der Waals surface area contributed by atoms with E-state index in [0.29, 0.717) is 0 Å². The molecule has 2 heteroatoms. The Morgan fingerprint density at radius 2 is 1.67 bits per heavy atom. The van der Waals surface area contributed by atoms with Gasteiger partial charge >= 0.3 is 0 Å². The first kappa shape index (κ1) is 12.7. The molecule has 0 aliphatic carbocycles. The molecule has 0 amide bonds. The van der Waals surface area contributed by atoms with Crippen molar-refractivity contribution in [1.29, 1.82) is 0 Å². The van der Waals surface area contributed by atoms with Gasteiger partial charge in [0, 0.05) is 6.54 Å². The smallest absolute Gasteiger partial charge is 0.0542 e. The lowest BCUT2D eigenvalue weighted by molar-refractivity contribution is 0.390. The van der Waals surface area contributed by atoms with E-state index in [-0.39, 0.29) is 0 Å². The molecule has 0 aromatic heterocycles. The maximum absolute atomic E-state index is 3.45. The zero-order valence-electron chi connectivity index (χ0n) is 9.83. The molecule has 15 heavy (non-hydrogen) atoms. The van der Waals surface area contributed by atoms with Crippen molar-refractivity contribution in [3.05, 3.63) is 35.4 Å². The number of hydrogen-bond acceptors (Lipinski definition) is 1. The first-order chi connectivity index (χ1) is 7.11. The number of halogens is 1. The van der Waals surface area contributed by atoms with E-state index >= 15 is 0 Å². The summed E-state index contributed by atoms with van der Waals surface area (Å²) >= 11 is 3.45. The summed E-state index contributed by atoms with van der Waals surface area (Å²) in [6, 6.07) is 8.96. The first-order valence-corrected chi connectivity index (χ1v) is 6.56. The monoisotopic (exact) mass is 269 g/mol. The van der Waals surface area contributed by atoms with Gasteiger partial charge in [-0.05, 0) is 30.5 Å². The van der Waals surface area contributed by atoms with Crippen LogP contribution in [0.3, 0.4) is 0 Å². The molecule has 0 fully saturated rings. The van der Waals surface area contributed by atoms with Crippen molar-refractivity contribution in [2.45, 2.75) is 26.8 Å². The van der Waals surface area contributed by atoms with E-state index in [2.05, 4.69) is 66.0 Å². The largest absolute Gasteiger partial charge is 0.292 e. The van der Waals surface area contributed by atoms with Crippen LogP contribution in [0.2, 0.25) is 0 Å². The van der Waals surface area contributed by atoms with E-state index in [0.717, 1.165) is 17.9 Å². The van der Waals surface area contributed by atoms with Crippen molar-refractivity contribution < 1.29 is 0 Å². The fourth-order valence-corrected chi connectivity index (χ4v) is 1.78. The molecule has 1 nitrogen and oxygen atoms in total. The van der Waals surface area contributed by atoms with Crippen molar-refractivity contribution >= 4 is 15.9 Å².